The molecule has 1 aliphatic heterocycles. The summed E-state index contributed by atoms with van der Waals surface area (Å²) in [6.07, 6.45) is 0.685. The van der Waals surface area contributed by atoms with Gasteiger partial charge < -0.3 is 15.3 Å². The molecule has 0 saturated heterocycles. The number of nitrogens with one attached hydrogen (secondary N) is 1. The minimum absolute atomic E-state index is 0.0487. The normalized spacial score (nSPS) is 13.5. The number of carboxylic acids is 1. The van der Waals surface area contributed by atoms with E-state index in [1.54, 1.807) is 16.5 Å². The van der Waals surface area contributed by atoms with Gasteiger partial charge in [-0.25, -0.2) is 14.3 Å². The highest BCUT2D eigenvalue weighted by atomic mass is 16.4. The summed E-state index contributed by atoms with van der Waals surface area (Å²) in [6.45, 7) is 5.30. The van der Waals surface area contributed by atoms with Crippen LogP contribution in [0.4, 0.5) is 4.79 Å². The number of aromatic carboxylic acids is 1. The quantitative estimate of drug-likeness (QED) is 0.885. The van der Waals surface area contributed by atoms with E-state index in [2.05, 4.69) is 15.6 Å². The Morgan fingerprint density at radius 2 is 2.17 bits per heavy atom. The van der Waals surface area contributed by atoms with Gasteiger partial charge in [-0.2, -0.15) is 0 Å². The summed E-state index contributed by atoms with van der Waals surface area (Å²) in [5.74, 6) is -1.09. The molecule has 2 amide bonds. The molecule has 24 heavy (non-hydrogen) atoms. The zero-order valence-electron chi connectivity index (χ0n) is 13.6. The van der Waals surface area contributed by atoms with Gasteiger partial charge in [0.25, 0.3) is 0 Å². The van der Waals surface area contributed by atoms with Crippen molar-refractivity contribution in [3.8, 4) is 5.69 Å². The second-order valence-corrected chi connectivity index (χ2v) is 5.66. The van der Waals surface area contributed by atoms with Crippen LogP contribution in [0.5, 0.6) is 0 Å². The summed E-state index contributed by atoms with van der Waals surface area (Å²) in [4.78, 5) is 25.0. The fourth-order valence-electron chi connectivity index (χ4n) is 2.98. The number of fused-ring (bicyclic) bond motifs is 1. The van der Waals surface area contributed by atoms with E-state index >= 15 is 0 Å². The molecule has 2 aromatic rings. The maximum absolute atomic E-state index is 12.0. The monoisotopic (exact) mass is 329 g/mol. The third-order valence-corrected chi connectivity index (χ3v) is 4.18. The van der Waals surface area contributed by atoms with Crippen molar-refractivity contribution in [1.82, 2.24) is 25.2 Å². The topological polar surface area (TPSA) is 100 Å². The third kappa shape index (κ3) is 2.70. The molecule has 1 aliphatic rings. The lowest BCUT2D eigenvalue weighted by atomic mass is 9.98. The van der Waals surface area contributed by atoms with Crippen molar-refractivity contribution in [2.75, 3.05) is 13.1 Å². The van der Waals surface area contributed by atoms with Crippen LogP contribution in [-0.2, 0) is 13.0 Å². The second-order valence-electron chi connectivity index (χ2n) is 5.66. The van der Waals surface area contributed by atoms with Gasteiger partial charge in [0.05, 0.1) is 11.4 Å². The fraction of sp³-hybridized carbons (Fsp3) is 0.375. The zero-order chi connectivity index (χ0) is 17.3. The van der Waals surface area contributed by atoms with Gasteiger partial charge in [0.15, 0.2) is 5.69 Å². The first-order valence-electron chi connectivity index (χ1n) is 7.82. The molecule has 0 spiro atoms. The van der Waals surface area contributed by atoms with Crippen LogP contribution < -0.4 is 5.32 Å². The Balaban J connectivity index is 1.96. The molecule has 0 radical (unpaired) electrons. The van der Waals surface area contributed by atoms with Gasteiger partial charge in [-0.15, -0.1) is 5.10 Å². The van der Waals surface area contributed by atoms with Crippen molar-refractivity contribution in [3.05, 3.63) is 40.7 Å². The Hall–Kier alpha value is -2.90. The van der Waals surface area contributed by atoms with Crippen molar-refractivity contribution >= 4 is 12.0 Å². The van der Waals surface area contributed by atoms with Crippen molar-refractivity contribution in [1.29, 1.82) is 0 Å². The van der Waals surface area contributed by atoms with Crippen LogP contribution in [0.2, 0.25) is 0 Å². The molecule has 3 rings (SSSR count). The van der Waals surface area contributed by atoms with Gasteiger partial charge in [0.2, 0.25) is 0 Å². The molecule has 8 nitrogen and oxygen atoms in total. The Bertz CT molecular complexity index is 799. The van der Waals surface area contributed by atoms with Gasteiger partial charge in [-0.3, -0.25) is 0 Å². The van der Waals surface area contributed by atoms with Crippen LogP contribution in [0.15, 0.2) is 18.2 Å². The van der Waals surface area contributed by atoms with Crippen molar-refractivity contribution in [2.24, 2.45) is 0 Å². The fourth-order valence-corrected chi connectivity index (χ4v) is 2.98. The molecule has 1 aromatic heterocycles. The number of amides is 2. The average Bonchev–Trinajstić information content (AvgIpc) is 2.95. The molecule has 0 atom stereocenters. The summed E-state index contributed by atoms with van der Waals surface area (Å²) < 4.78 is 1.56. The lowest BCUT2D eigenvalue weighted by molar-refractivity contribution is 0.0689. The van der Waals surface area contributed by atoms with Crippen LogP contribution in [0, 0.1) is 6.92 Å². The van der Waals surface area contributed by atoms with E-state index in [-0.39, 0.29) is 11.7 Å². The lowest BCUT2D eigenvalue weighted by Gasteiger charge is -2.30. The van der Waals surface area contributed by atoms with Gasteiger partial charge in [0, 0.05) is 19.6 Å². The maximum atomic E-state index is 12.0. The molecule has 2 heterocycles. The molecule has 1 aromatic carbocycles. The van der Waals surface area contributed by atoms with E-state index < -0.39 is 5.97 Å². The Kier molecular flexibility index (Phi) is 4.20. The molecular formula is C16H19N5O3. The average molecular weight is 329 g/mol. The van der Waals surface area contributed by atoms with Crippen molar-refractivity contribution in [2.45, 2.75) is 26.8 Å². The number of carbonyl (C=O) groups excluding carboxylic acids is 1. The molecule has 0 saturated carbocycles. The van der Waals surface area contributed by atoms with E-state index in [1.807, 2.05) is 25.1 Å². The van der Waals surface area contributed by atoms with Crippen LogP contribution in [0.3, 0.4) is 0 Å². The van der Waals surface area contributed by atoms with Crippen LogP contribution >= 0.6 is 0 Å². The molecule has 0 bridgehead atoms. The number of benzene rings is 1. The molecule has 0 aliphatic carbocycles. The van der Waals surface area contributed by atoms with Gasteiger partial charge in [0.1, 0.15) is 0 Å². The van der Waals surface area contributed by atoms with Crippen LogP contribution in [-0.4, -0.2) is 50.1 Å². The summed E-state index contributed by atoms with van der Waals surface area (Å²) in [5, 5.41) is 19.7. The van der Waals surface area contributed by atoms with E-state index in [0.717, 1.165) is 16.8 Å². The molecule has 2 N–H and O–H groups in total. The van der Waals surface area contributed by atoms with Crippen molar-refractivity contribution < 1.29 is 14.7 Å². The first-order chi connectivity index (χ1) is 11.5. The predicted octanol–water partition coefficient (Wildman–Crippen LogP) is 1.36. The number of rotatable bonds is 3. The summed E-state index contributed by atoms with van der Waals surface area (Å²) in [6, 6.07) is 5.69. The second kappa shape index (κ2) is 6.31. The number of aromatic nitrogens is 3. The van der Waals surface area contributed by atoms with E-state index in [1.165, 1.54) is 0 Å². The largest absolute Gasteiger partial charge is 0.476 e. The lowest BCUT2D eigenvalue weighted by Crippen LogP contribution is -2.42. The van der Waals surface area contributed by atoms with E-state index in [4.69, 9.17) is 5.11 Å². The SMILES string of the molecule is CCNC(=O)N1CCc2c(cccc2-n2nnc(C(=O)O)c2C)C1. The van der Waals surface area contributed by atoms with Gasteiger partial charge >= 0.3 is 12.0 Å². The molecule has 0 unspecified atom stereocenters. The van der Waals surface area contributed by atoms with E-state index in [0.29, 0.717) is 31.7 Å². The first-order valence-corrected chi connectivity index (χ1v) is 7.82. The van der Waals surface area contributed by atoms with Gasteiger partial charge in [-0.05, 0) is 37.5 Å². The van der Waals surface area contributed by atoms with Crippen LogP contribution in [0.1, 0.15) is 34.2 Å². The minimum atomic E-state index is -1.09. The summed E-state index contributed by atoms with van der Waals surface area (Å²) in [7, 11) is 0. The third-order valence-electron chi connectivity index (χ3n) is 4.18. The number of urea groups is 1. The highest BCUT2D eigenvalue weighted by Crippen LogP contribution is 2.26. The minimum Gasteiger partial charge on any atom is -0.476 e. The number of nitrogens with zero attached hydrogens (tertiary/aromatic N) is 4. The predicted molar refractivity (Wildman–Crippen MR) is 86.2 cm³/mol. The van der Waals surface area contributed by atoms with Gasteiger partial charge in [-0.1, -0.05) is 17.3 Å². The Morgan fingerprint density at radius 1 is 1.38 bits per heavy atom. The molecule has 8 heteroatoms. The van der Waals surface area contributed by atoms with Crippen LogP contribution in [0.25, 0.3) is 5.69 Å². The zero-order valence-corrected chi connectivity index (χ0v) is 13.6. The molecule has 0 fully saturated rings. The highest BCUT2D eigenvalue weighted by Gasteiger charge is 2.24. The van der Waals surface area contributed by atoms with E-state index in [9.17, 15) is 9.59 Å². The molecule has 126 valence electrons. The number of hydrogen-bond acceptors (Lipinski definition) is 4. The standard InChI is InChI=1S/C16H19N5O3/c1-3-17-16(24)20-8-7-12-11(9-20)5-4-6-13(12)21-10(2)14(15(22)23)18-19-21/h4-6H,3,7-9H2,1-2H3,(H,17,24)(H,22,23). The van der Waals surface area contributed by atoms with Crippen molar-refractivity contribution in [3.63, 3.8) is 0 Å². The Morgan fingerprint density at radius 3 is 2.83 bits per heavy atom. The summed E-state index contributed by atoms with van der Waals surface area (Å²) >= 11 is 0. The maximum Gasteiger partial charge on any atom is 0.358 e. The number of hydrogen-bond donors (Lipinski definition) is 2. The number of carboxylic acid groups (broad SMARTS) is 1. The summed E-state index contributed by atoms with van der Waals surface area (Å²) in [5.41, 5.74) is 3.37. The Labute approximate surface area is 139 Å². The highest BCUT2D eigenvalue weighted by molar-refractivity contribution is 5.86. The number of carbonyl (C=O) groups is 2. The smallest absolute Gasteiger partial charge is 0.358 e. The molecular weight excluding hydrogens is 310 g/mol. The first kappa shape index (κ1) is 16.0.